The van der Waals surface area contributed by atoms with Crippen LogP contribution >= 0.6 is 0 Å². The lowest BCUT2D eigenvalue weighted by molar-refractivity contribution is 0.224. The van der Waals surface area contributed by atoms with E-state index in [-0.39, 0.29) is 12.6 Å². The predicted molar refractivity (Wildman–Crippen MR) is 78.4 cm³/mol. The van der Waals surface area contributed by atoms with Gasteiger partial charge in [-0.05, 0) is 37.2 Å². The molecule has 2 aromatic rings. The lowest BCUT2D eigenvalue weighted by Crippen LogP contribution is -2.35. The second kappa shape index (κ2) is 6.73. The van der Waals surface area contributed by atoms with E-state index >= 15 is 0 Å². The first kappa shape index (κ1) is 14.1. The van der Waals surface area contributed by atoms with Crippen LogP contribution in [0.1, 0.15) is 37.7 Å². The number of rotatable bonds is 7. The maximum atomic E-state index is 9.55. The molecule has 2 unspecified atom stereocenters. The Morgan fingerprint density at radius 1 is 1.32 bits per heavy atom. The van der Waals surface area contributed by atoms with Gasteiger partial charge in [0.25, 0.3) is 0 Å². The summed E-state index contributed by atoms with van der Waals surface area (Å²) in [7, 11) is 1.91. The topological polar surface area (TPSA) is 45.4 Å². The van der Waals surface area contributed by atoms with Crippen molar-refractivity contribution in [3.63, 3.8) is 0 Å². The molecule has 0 saturated carbocycles. The molecule has 2 rings (SSSR count). The minimum Gasteiger partial charge on any atom is -0.464 e. The minimum absolute atomic E-state index is 0.107. The van der Waals surface area contributed by atoms with E-state index in [1.54, 1.807) is 6.26 Å². The molecule has 1 heterocycles. The first-order chi connectivity index (χ1) is 9.30. The number of benzene rings is 1. The first-order valence-electron chi connectivity index (χ1n) is 7.05. The van der Waals surface area contributed by atoms with E-state index in [0.717, 1.165) is 17.4 Å². The van der Waals surface area contributed by atoms with E-state index in [9.17, 15) is 5.11 Å². The highest BCUT2D eigenvalue weighted by atomic mass is 16.3. The van der Waals surface area contributed by atoms with Gasteiger partial charge in [0.05, 0.1) is 12.9 Å². The highest BCUT2D eigenvalue weighted by molar-refractivity contribution is 5.77. The van der Waals surface area contributed by atoms with Crippen molar-refractivity contribution in [3.8, 4) is 0 Å². The Morgan fingerprint density at radius 2 is 2.16 bits per heavy atom. The number of aliphatic hydroxyl groups is 1. The van der Waals surface area contributed by atoms with Crippen molar-refractivity contribution in [2.45, 2.75) is 38.1 Å². The molecule has 0 fully saturated rings. The number of unbranched alkanes of at least 4 members (excludes halogenated alkanes) is 1. The summed E-state index contributed by atoms with van der Waals surface area (Å²) in [5, 5.41) is 13.9. The summed E-state index contributed by atoms with van der Waals surface area (Å²) in [5.74, 6) is 0.342. The summed E-state index contributed by atoms with van der Waals surface area (Å²) in [6.07, 6.45) is 5.15. The molecule has 104 valence electrons. The van der Waals surface area contributed by atoms with Gasteiger partial charge in [-0.15, -0.1) is 0 Å². The van der Waals surface area contributed by atoms with E-state index in [2.05, 4.69) is 24.4 Å². The van der Waals surface area contributed by atoms with Crippen LogP contribution in [-0.4, -0.2) is 24.8 Å². The van der Waals surface area contributed by atoms with E-state index in [4.69, 9.17) is 4.42 Å². The van der Waals surface area contributed by atoms with Crippen LogP contribution in [0.4, 0.5) is 0 Å². The van der Waals surface area contributed by atoms with Crippen LogP contribution in [-0.2, 0) is 0 Å². The van der Waals surface area contributed by atoms with Crippen molar-refractivity contribution in [2.75, 3.05) is 13.7 Å². The molecule has 1 aromatic carbocycles. The molecular weight excluding hydrogens is 238 g/mol. The molecular formula is C16H23NO2. The number of likely N-dealkylation sites (N-methyl/N-ethyl adjacent to an activating group) is 1. The highest BCUT2D eigenvalue weighted by Gasteiger charge is 2.21. The molecule has 1 aromatic heterocycles. The van der Waals surface area contributed by atoms with Gasteiger partial charge in [0, 0.05) is 17.3 Å². The fourth-order valence-electron chi connectivity index (χ4n) is 2.66. The van der Waals surface area contributed by atoms with Gasteiger partial charge in [-0.3, -0.25) is 0 Å². The van der Waals surface area contributed by atoms with Gasteiger partial charge in [0.2, 0.25) is 0 Å². The van der Waals surface area contributed by atoms with E-state index in [1.807, 2.05) is 19.2 Å². The molecule has 2 N–H and O–H groups in total. The third-order valence-corrected chi connectivity index (χ3v) is 3.83. The number of hydrogen-bond donors (Lipinski definition) is 2. The molecule has 19 heavy (non-hydrogen) atoms. The molecule has 3 heteroatoms. The smallest absolute Gasteiger partial charge is 0.133 e. The number of fused-ring (bicyclic) bond motifs is 1. The lowest BCUT2D eigenvalue weighted by atomic mass is 9.87. The summed E-state index contributed by atoms with van der Waals surface area (Å²) in [5.41, 5.74) is 2.19. The van der Waals surface area contributed by atoms with Gasteiger partial charge in [-0.1, -0.05) is 25.8 Å². The normalized spacial score (nSPS) is 14.7. The standard InChI is InChI=1S/C16H23NO2/c1-3-4-5-14(15(11-18)17-2)12-6-7-16-13(10-12)8-9-19-16/h6-10,14-15,17-18H,3-5,11H2,1-2H3. The zero-order chi connectivity index (χ0) is 13.7. The van der Waals surface area contributed by atoms with E-state index in [1.165, 1.54) is 18.4 Å². The Balaban J connectivity index is 2.29. The van der Waals surface area contributed by atoms with Crippen molar-refractivity contribution < 1.29 is 9.52 Å². The van der Waals surface area contributed by atoms with Crippen LogP contribution in [0.25, 0.3) is 11.0 Å². The van der Waals surface area contributed by atoms with Crippen molar-refractivity contribution in [1.29, 1.82) is 0 Å². The molecule has 3 nitrogen and oxygen atoms in total. The van der Waals surface area contributed by atoms with Crippen molar-refractivity contribution in [2.24, 2.45) is 0 Å². The van der Waals surface area contributed by atoms with Gasteiger partial charge in [-0.2, -0.15) is 0 Å². The second-order valence-electron chi connectivity index (χ2n) is 5.04. The minimum atomic E-state index is 0.107. The number of aliphatic hydroxyl groups excluding tert-OH is 1. The molecule has 2 atom stereocenters. The van der Waals surface area contributed by atoms with Crippen molar-refractivity contribution >= 4 is 11.0 Å². The average molecular weight is 261 g/mol. The fourth-order valence-corrected chi connectivity index (χ4v) is 2.66. The molecule has 0 aliphatic carbocycles. The van der Waals surface area contributed by atoms with Crippen LogP contribution < -0.4 is 5.32 Å². The average Bonchev–Trinajstić information content (AvgIpc) is 2.90. The summed E-state index contributed by atoms with van der Waals surface area (Å²) >= 11 is 0. The van der Waals surface area contributed by atoms with Gasteiger partial charge in [0.1, 0.15) is 5.58 Å². The maximum absolute atomic E-state index is 9.55. The molecule has 0 aliphatic heterocycles. The summed E-state index contributed by atoms with van der Waals surface area (Å²) in [6, 6.07) is 8.41. The Kier molecular flexibility index (Phi) is 5.00. The molecule has 0 aliphatic rings. The monoisotopic (exact) mass is 261 g/mol. The van der Waals surface area contributed by atoms with Gasteiger partial charge >= 0.3 is 0 Å². The Hall–Kier alpha value is -1.32. The Bertz CT molecular complexity index is 502. The largest absolute Gasteiger partial charge is 0.464 e. The van der Waals surface area contributed by atoms with Crippen LogP contribution in [0.3, 0.4) is 0 Å². The third-order valence-electron chi connectivity index (χ3n) is 3.83. The SMILES string of the molecule is CCCCC(c1ccc2occc2c1)C(CO)NC. The highest BCUT2D eigenvalue weighted by Crippen LogP contribution is 2.29. The first-order valence-corrected chi connectivity index (χ1v) is 7.05. The molecule has 0 spiro atoms. The van der Waals surface area contributed by atoms with Crippen molar-refractivity contribution in [1.82, 2.24) is 5.32 Å². The number of nitrogens with one attached hydrogen (secondary N) is 1. The summed E-state index contributed by atoms with van der Waals surface area (Å²) in [4.78, 5) is 0. The summed E-state index contributed by atoms with van der Waals surface area (Å²) in [6.45, 7) is 2.36. The molecule has 0 bridgehead atoms. The zero-order valence-electron chi connectivity index (χ0n) is 11.7. The van der Waals surface area contributed by atoms with Crippen LogP contribution in [0.2, 0.25) is 0 Å². The van der Waals surface area contributed by atoms with Crippen LogP contribution in [0.5, 0.6) is 0 Å². The predicted octanol–water partition coefficient (Wildman–Crippen LogP) is 3.29. The quantitative estimate of drug-likeness (QED) is 0.804. The zero-order valence-corrected chi connectivity index (χ0v) is 11.7. The molecule has 0 radical (unpaired) electrons. The van der Waals surface area contributed by atoms with Gasteiger partial charge in [-0.25, -0.2) is 0 Å². The maximum Gasteiger partial charge on any atom is 0.133 e. The van der Waals surface area contributed by atoms with Crippen LogP contribution in [0, 0.1) is 0 Å². The summed E-state index contributed by atoms with van der Waals surface area (Å²) < 4.78 is 5.38. The van der Waals surface area contributed by atoms with Crippen LogP contribution in [0.15, 0.2) is 34.9 Å². The van der Waals surface area contributed by atoms with Gasteiger partial charge in [0.15, 0.2) is 0 Å². The second-order valence-corrected chi connectivity index (χ2v) is 5.04. The van der Waals surface area contributed by atoms with Crippen molar-refractivity contribution in [3.05, 3.63) is 36.1 Å². The molecule has 0 saturated heterocycles. The number of hydrogen-bond acceptors (Lipinski definition) is 3. The lowest BCUT2D eigenvalue weighted by Gasteiger charge is -2.26. The van der Waals surface area contributed by atoms with E-state index in [0.29, 0.717) is 5.92 Å². The van der Waals surface area contributed by atoms with Gasteiger partial charge < -0.3 is 14.8 Å². The van der Waals surface area contributed by atoms with E-state index < -0.39 is 0 Å². The fraction of sp³-hybridized carbons (Fsp3) is 0.500. The Labute approximate surface area is 114 Å². The number of furan rings is 1. The molecule has 0 amide bonds. The third kappa shape index (κ3) is 3.17. The Morgan fingerprint density at radius 3 is 2.84 bits per heavy atom.